The zero-order chi connectivity index (χ0) is 27.2. The van der Waals surface area contributed by atoms with Crippen LogP contribution < -0.4 is 5.73 Å². The van der Waals surface area contributed by atoms with E-state index in [1.54, 1.807) is 12.2 Å². The number of nitrogens with zero attached hydrogens (tertiary/aromatic N) is 1. The Labute approximate surface area is 227 Å². The molecule has 0 radical (unpaired) electrons. The fraction of sp³-hybridized carbons (Fsp3) is 0. The number of amidine groups is 2. The molecule has 0 heterocycles. The molecule has 0 aromatic heterocycles. The number of hydrogen-bond acceptors (Lipinski definition) is 3. The smallest absolute Gasteiger partial charge is 0.154 e. The summed E-state index contributed by atoms with van der Waals surface area (Å²) in [5.41, 5.74) is 11.7. The second-order valence-electron chi connectivity index (χ2n) is 9.06. The molecule has 5 rings (SSSR count). The first-order valence-corrected chi connectivity index (χ1v) is 12.5. The number of aliphatic imine (C=N–C) groups is 1. The third kappa shape index (κ3) is 5.78. The number of benzene rings is 5. The average Bonchev–Trinajstić information content (AvgIpc) is 3.00. The van der Waals surface area contributed by atoms with Gasteiger partial charge in [0.15, 0.2) is 5.84 Å². The van der Waals surface area contributed by atoms with Crippen LogP contribution in [0.4, 0.5) is 0 Å². The van der Waals surface area contributed by atoms with Gasteiger partial charge in [-0.1, -0.05) is 109 Å². The van der Waals surface area contributed by atoms with E-state index >= 15 is 0 Å². The Bertz CT molecular complexity index is 1730. The summed E-state index contributed by atoms with van der Waals surface area (Å²) in [5, 5.41) is 27.6. The maximum Gasteiger partial charge on any atom is 0.154 e. The van der Waals surface area contributed by atoms with E-state index in [1.165, 1.54) is 0 Å². The van der Waals surface area contributed by atoms with Crippen LogP contribution in [0, 0.1) is 16.2 Å². The monoisotopic (exact) mass is 505 g/mol. The van der Waals surface area contributed by atoms with E-state index < -0.39 is 0 Å². The van der Waals surface area contributed by atoms with Gasteiger partial charge in [-0.05, 0) is 57.3 Å². The van der Waals surface area contributed by atoms with E-state index in [0.717, 1.165) is 38.6 Å². The van der Waals surface area contributed by atoms with Crippen molar-refractivity contribution in [1.82, 2.24) is 0 Å². The van der Waals surface area contributed by atoms with Gasteiger partial charge in [0.1, 0.15) is 5.84 Å². The molecule has 0 saturated carbocycles. The van der Waals surface area contributed by atoms with Crippen LogP contribution in [0.5, 0.6) is 0 Å². The third-order valence-corrected chi connectivity index (χ3v) is 6.45. The molecule has 0 saturated heterocycles. The van der Waals surface area contributed by atoms with Crippen molar-refractivity contribution in [1.29, 1.82) is 16.2 Å². The van der Waals surface area contributed by atoms with E-state index in [2.05, 4.69) is 11.1 Å². The van der Waals surface area contributed by atoms with E-state index in [9.17, 15) is 0 Å². The number of rotatable bonds is 7. The van der Waals surface area contributed by atoms with Crippen molar-refractivity contribution >= 4 is 33.9 Å². The Kier molecular flexibility index (Phi) is 7.32. The van der Waals surface area contributed by atoms with E-state index in [1.807, 2.05) is 115 Å². The van der Waals surface area contributed by atoms with Gasteiger partial charge >= 0.3 is 0 Å². The second-order valence-corrected chi connectivity index (χ2v) is 9.06. The standard InChI is InChI=1S/C34H27N5/c35-31(24-9-3-1-4-10-24)19-20-32(36)25-17-15-23(16-18-25)29-21-27-13-7-8-14-28(27)22-30(29)34(38)39-33(37)26-11-5-2-6-12-26/h1-22,35-36H,(H3,37,38,39)/b20-19-,35-31?,36-32?. The minimum atomic E-state index is 0.0799. The van der Waals surface area contributed by atoms with Gasteiger partial charge in [0.2, 0.25) is 0 Å². The highest BCUT2D eigenvalue weighted by molar-refractivity contribution is 6.15. The van der Waals surface area contributed by atoms with Crippen molar-refractivity contribution in [2.24, 2.45) is 10.7 Å². The van der Waals surface area contributed by atoms with Gasteiger partial charge in [0, 0.05) is 11.1 Å². The van der Waals surface area contributed by atoms with Gasteiger partial charge in [0.05, 0.1) is 11.4 Å². The minimum Gasteiger partial charge on any atom is -0.383 e. The molecule has 39 heavy (non-hydrogen) atoms. The average molecular weight is 506 g/mol. The van der Waals surface area contributed by atoms with E-state index in [0.29, 0.717) is 17.0 Å². The van der Waals surface area contributed by atoms with Crippen LogP contribution in [0.3, 0.4) is 0 Å². The summed E-state index contributed by atoms with van der Waals surface area (Å²) in [5.74, 6) is 0.368. The van der Waals surface area contributed by atoms with Crippen molar-refractivity contribution in [2.45, 2.75) is 0 Å². The number of allylic oxidation sites excluding steroid dienone is 2. The zero-order valence-corrected chi connectivity index (χ0v) is 21.2. The van der Waals surface area contributed by atoms with Crippen molar-refractivity contribution in [3.05, 3.63) is 156 Å². The molecule has 5 N–H and O–H groups in total. The normalized spacial score (nSPS) is 11.5. The molecule has 5 aromatic rings. The lowest BCUT2D eigenvalue weighted by Crippen LogP contribution is -2.16. The molecule has 5 nitrogen and oxygen atoms in total. The van der Waals surface area contributed by atoms with Gasteiger partial charge in [-0.15, -0.1) is 0 Å². The lowest BCUT2D eigenvalue weighted by molar-refractivity contribution is 1.40. The molecule has 0 fully saturated rings. The van der Waals surface area contributed by atoms with Gasteiger partial charge in [0.25, 0.3) is 0 Å². The predicted molar refractivity (Wildman–Crippen MR) is 163 cm³/mol. The molecule has 0 atom stereocenters. The summed E-state index contributed by atoms with van der Waals surface area (Å²) < 4.78 is 0. The summed E-state index contributed by atoms with van der Waals surface area (Å²) >= 11 is 0. The summed E-state index contributed by atoms with van der Waals surface area (Å²) in [7, 11) is 0. The molecule has 0 aliphatic rings. The third-order valence-electron chi connectivity index (χ3n) is 6.45. The summed E-state index contributed by atoms with van der Waals surface area (Å²) in [6.07, 6.45) is 3.28. The Morgan fingerprint density at radius 1 is 0.564 bits per heavy atom. The Morgan fingerprint density at radius 2 is 1.05 bits per heavy atom. The molecule has 5 aromatic carbocycles. The SMILES string of the molecule is N=C(/C=C\C(=N)c1ccc(-c2cc3ccccc3cc2C(=N)/N=C(\N)c2ccccc2)cc1)c1ccccc1. The zero-order valence-electron chi connectivity index (χ0n) is 21.2. The molecule has 0 unspecified atom stereocenters. The second kappa shape index (κ2) is 11.3. The van der Waals surface area contributed by atoms with Crippen LogP contribution in [0.25, 0.3) is 21.9 Å². The minimum absolute atomic E-state index is 0.0799. The Hall–Kier alpha value is -5.42. The first kappa shape index (κ1) is 25.2. The molecular weight excluding hydrogens is 478 g/mol. The molecule has 0 amide bonds. The van der Waals surface area contributed by atoms with Crippen LogP contribution in [-0.4, -0.2) is 23.1 Å². The maximum absolute atomic E-state index is 8.82. The van der Waals surface area contributed by atoms with Crippen molar-refractivity contribution < 1.29 is 0 Å². The van der Waals surface area contributed by atoms with Crippen LogP contribution in [0.15, 0.2) is 138 Å². The molecule has 188 valence electrons. The predicted octanol–water partition coefficient (Wildman–Crippen LogP) is 7.23. The van der Waals surface area contributed by atoms with Crippen molar-refractivity contribution in [3.63, 3.8) is 0 Å². The highest BCUT2D eigenvalue weighted by atomic mass is 14.9. The summed E-state index contributed by atoms with van der Waals surface area (Å²) in [6, 6.07) is 38.6. The maximum atomic E-state index is 8.82. The van der Waals surface area contributed by atoms with E-state index in [-0.39, 0.29) is 11.7 Å². The molecule has 0 aliphatic carbocycles. The topological polar surface area (TPSA) is 110 Å². The number of nitrogens with one attached hydrogen (secondary N) is 3. The first-order valence-electron chi connectivity index (χ1n) is 12.5. The Balaban J connectivity index is 1.46. The van der Waals surface area contributed by atoms with Crippen molar-refractivity contribution in [2.75, 3.05) is 0 Å². The highest BCUT2D eigenvalue weighted by Crippen LogP contribution is 2.30. The molecule has 0 spiro atoms. The van der Waals surface area contributed by atoms with Gasteiger partial charge in [-0.2, -0.15) is 0 Å². The lowest BCUT2D eigenvalue weighted by atomic mass is 9.94. The number of hydrogen-bond donors (Lipinski definition) is 4. The fourth-order valence-electron chi connectivity index (χ4n) is 4.34. The first-order chi connectivity index (χ1) is 19.0. The fourth-order valence-corrected chi connectivity index (χ4v) is 4.34. The van der Waals surface area contributed by atoms with Gasteiger partial charge in [-0.3, -0.25) is 5.41 Å². The molecule has 5 heteroatoms. The number of fused-ring (bicyclic) bond motifs is 1. The van der Waals surface area contributed by atoms with Crippen LogP contribution in [0.2, 0.25) is 0 Å². The van der Waals surface area contributed by atoms with Crippen LogP contribution >= 0.6 is 0 Å². The largest absolute Gasteiger partial charge is 0.383 e. The lowest BCUT2D eigenvalue weighted by Gasteiger charge is -2.12. The van der Waals surface area contributed by atoms with Gasteiger partial charge in [-0.25, -0.2) is 4.99 Å². The highest BCUT2D eigenvalue weighted by Gasteiger charge is 2.13. The summed E-state index contributed by atoms with van der Waals surface area (Å²) in [6.45, 7) is 0. The quantitative estimate of drug-likeness (QED) is 0.136. The van der Waals surface area contributed by atoms with E-state index in [4.69, 9.17) is 22.0 Å². The van der Waals surface area contributed by atoms with Crippen molar-refractivity contribution in [3.8, 4) is 11.1 Å². The summed E-state index contributed by atoms with van der Waals surface area (Å²) in [4.78, 5) is 4.44. The number of nitrogens with two attached hydrogens (primary N) is 1. The van der Waals surface area contributed by atoms with Crippen LogP contribution in [-0.2, 0) is 0 Å². The Morgan fingerprint density at radius 3 is 1.64 bits per heavy atom. The van der Waals surface area contributed by atoms with Crippen LogP contribution in [0.1, 0.15) is 22.3 Å². The van der Waals surface area contributed by atoms with Gasteiger partial charge < -0.3 is 16.6 Å². The molecule has 0 aliphatic heterocycles. The molecule has 0 bridgehead atoms. The molecular formula is C34H27N5.